The monoisotopic (exact) mass is 315 g/mol. The molecule has 3 heteroatoms. The summed E-state index contributed by atoms with van der Waals surface area (Å²) in [5.41, 5.74) is 2.83. The van der Waals surface area contributed by atoms with Crippen LogP contribution < -0.4 is 0 Å². The summed E-state index contributed by atoms with van der Waals surface area (Å²) >= 11 is 0. The van der Waals surface area contributed by atoms with Gasteiger partial charge in [0, 0.05) is 52.4 Å². The molecule has 2 aliphatic rings. The van der Waals surface area contributed by atoms with Crippen molar-refractivity contribution in [3.8, 4) is 0 Å². The highest BCUT2D eigenvalue weighted by atomic mass is 15.3. The fourth-order valence-corrected chi connectivity index (χ4v) is 4.01. The van der Waals surface area contributed by atoms with Crippen molar-refractivity contribution in [2.75, 3.05) is 52.4 Å². The maximum atomic E-state index is 2.67. The zero-order valence-corrected chi connectivity index (χ0v) is 15.0. The third kappa shape index (κ3) is 5.30. The Morgan fingerprint density at radius 1 is 0.957 bits per heavy atom. The second-order valence-corrected chi connectivity index (χ2v) is 7.65. The van der Waals surface area contributed by atoms with Crippen LogP contribution in [0.1, 0.15) is 30.9 Å². The van der Waals surface area contributed by atoms with Crippen LogP contribution in [0, 0.1) is 12.8 Å². The standard InChI is InChI=1S/C20H33N3/c1-18-5-3-7-20(15-18)17-23-13-10-21(11-14-23)9-12-22-8-4-6-19(2)16-22/h3,5,7,15,19H,4,6,8-14,16-17H2,1-2H3/t19-/m0/s1. The lowest BCUT2D eigenvalue weighted by molar-refractivity contribution is 0.103. The second kappa shape index (κ2) is 8.27. The Kier molecular flexibility index (Phi) is 6.09. The van der Waals surface area contributed by atoms with Crippen molar-refractivity contribution < 1.29 is 0 Å². The third-order valence-corrected chi connectivity index (χ3v) is 5.43. The molecule has 0 unspecified atom stereocenters. The van der Waals surface area contributed by atoms with Crippen molar-refractivity contribution in [2.45, 2.75) is 33.2 Å². The molecule has 0 amide bonds. The lowest BCUT2D eigenvalue weighted by atomic mass is 10.0. The molecular weight excluding hydrogens is 282 g/mol. The van der Waals surface area contributed by atoms with E-state index in [0.717, 1.165) is 12.5 Å². The Bertz CT molecular complexity index is 480. The van der Waals surface area contributed by atoms with Gasteiger partial charge >= 0.3 is 0 Å². The van der Waals surface area contributed by atoms with Crippen LogP contribution in [-0.4, -0.2) is 67.1 Å². The van der Waals surface area contributed by atoms with Gasteiger partial charge in [-0.15, -0.1) is 0 Å². The maximum Gasteiger partial charge on any atom is 0.0234 e. The van der Waals surface area contributed by atoms with E-state index in [1.54, 1.807) is 0 Å². The van der Waals surface area contributed by atoms with Gasteiger partial charge in [0.1, 0.15) is 0 Å². The molecule has 2 heterocycles. The number of hydrogen-bond acceptors (Lipinski definition) is 3. The van der Waals surface area contributed by atoms with Crippen molar-refractivity contribution in [1.29, 1.82) is 0 Å². The molecule has 128 valence electrons. The number of piperazine rings is 1. The molecular formula is C20H33N3. The van der Waals surface area contributed by atoms with Crippen molar-refractivity contribution in [3.63, 3.8) is 0 Å². The average Bonchev–Trinajstić information content (AvgIpc) is 2.54. The van der Waals surface area contributed by atoms with Crippen LogP contribution in [0.5, 0.6) is 0 Å². The zero-order chi connectivity index (χ0) is 16.1. The first-order valence-corrected chi connectivity index (χ1v) is 9.41. The molecule has 0 N–H and O–H groups in total. The molecule has 1 aromatic carbocycles. The van der Waals surface area contributed by atoms with Gasteiger partial charge in [-0.1, -0.05) is 36.8 Å². The molecule has 0 aliphatic carbocycles. The minimum atomic E-state index is 0.898. The van der Waals surface area contributed by atoms with E-state index >= 15 is 0 Å². The molecule has 0 radical (unpaired) electrons. The summed E-state index contributed by atoms with van der Waals surface area (Å²) in [5, 5.41) is 0. The molecule has 0 spiro atoms. The first kappa shape index (κ1) is 16.9. The molecule has 23 heavy (non-hydrogen) atoms. The predicted octanol–water partition coefficient (Wildman–Crippen LogP) is 2.84. The number of likely N-dealkylation sites (tertiary alicyclic amines) is 1. The van der Waals surface area contributed by atoms with Crippen LogP contribution >= 0.6 is 0 Å². The molecule has 2 aliphatic heterocycles. The van der Waals surface area contributed by atoms with Crippen LogP contribution in [0.4, 0.5) is 0 Å². The van der Waals surface area contributed by atoms with Gasteiger partial charge in [0.15, 0.2) is 0 Å². The van der Waals surface area contributed by atoms with Gasteiger partial charge in [-0.3, -0.25) is 9.80 Å². The highest BCUT2D eigenvalue weighted by Gasteiger charge is 2.20. The number of rotatable bonds is 5. The quantitative estimate of drug-likeness (QED) is 0.827. The van der Waals surface area contributed by atoms with Gasteiger partial charge in [0.05, 0.1) is 0 Å². The van der Waals surface area contributed by atoms with Gasteiger partial charge in [0.2, 0.25) is 0 Å². The van der Waals surface area contributed by atoms with E-state index in [4.69, 9.17) is 0 Å². The van der Waals surface area contributed by atoms with Crippen LogP contribution in [0.3, 0.4) is 0 Å². The molecule has 0 aromatic heterocycles. The smallest absolute Gasteiger partial charge is 0.0234 e. The number of benzene rings is 1. The lowest BCUT2D eigenvalue weighted by Crippen LogP contribution is -2.48. The van der Waals surface area contributed by atoms with Gasteiger partial charge in [-0.05, 0) is 37.8 Å². The summed E-state index contributed by atoms with van der Waals surface area (Å²) in [7, 11) is 0. The SMILES string of the molecule is Cc1cccc(CN2CCN(CCN3CCC[C@H](C)C3)CC2)c1. The van der Waals surface area contributed by atoms with Gasteiger partial charge in [0.25, 0.3) is 0 Å². The van der Waals surface area contributed by atoms with E-state index in [1.807, 2.05) is 0 Å². The van der Waals surface area contributed by atoms with Crippen molar-refractivity contribution >= 4 is 0 Å². The summed E-state index contributed by atoms with van der Waals surface area (Å²) in [4.78, 5) is 7.94. The highest BCUT2D eigenvalue weighted by Crippen LogP contribution is 2.15. The van der Waals surface area contributed by atoms with E-state index in [-0.39, 0.29) is 0 Å². The molecule has 2 fully saturated rings. The van der Waals surface area contributed by atoms with Crippen molar-refractivity contribution in [3.05, 3.63) is 35.4 Å². The first-order chi connectivity index (χ1) is 11.2. The third-order valence-electron chi connectivity index (χ3n) is 5.43. The molecule has 0 saturated carbocycles. The van der Waals surface area contributed by atoms with E-state index in [0.29, 0.717) is 0 Å². The highest BCUT2D eigenvalue weighted by molar-refractivity contribution is 5.22. The summed E-state index contributed by atoms with van der Waals surface area (Å²) in [6, 6.07) is 8.95. The fourth-order valence-electron chi connectivity index (χ4n) is 4.01. The predicted molar refractivity (Wildman–Crippen MR) is 97.7 cm³/mol. The fraction of sp³-hybridized carbons (Fsp3) is 0.700. The summed E-state index contributed by atoms with van der Waals surface area (Å²) in [5.74, 6) is 0.898. The molecule has 3 nitrogen and oxygen atoms in total. The van der Waals surface area contributed by atoms with Gasteiger partial charge in [-0.2, -0.15) is 0 Å². The maximum absolute atomic E-state index is 2.67. The Morgan fingerprint density at radius 2 is 1.70 bits per heavy atom. The summed E-state index contributed by atoms with van der Waals surface area (Å²) in [6.45, 7) is 15.7. The van der Waals surface area contributed by atoms with Crippen molar-refractivity contribution in [2.24, 2.45) is 5.92 Å². The number of hydrogen-bond donors (Lipinski definition) is 0. The van der Waals surface area contributed by atoms with E-state index in [2.05, 4.69) is 52.8 Å². The van der Waals surface area contributed by atoms with Crippen LogP contribution in [-0.2, 0) is 6.54 Å². The second-order valence-electron chi connectivity index (χ2n) is 7.65. The van der Waals surface area contributed by atoms with Gasteiger partial charge in [-0.25, -0.2) is 0 Å². The topological polar surface area (TPSA) is 9.72 Å². The number of aryl methyl sites for hydroxylation is 1. The van der Waals surface area contributed by atoms with E-state index < -0.39 is 0 Å². The minimum Gasteiger partial charge on any atom is -0.302 e. The summed E-state index contributed by atoms with van der Waals surface area (Å²) in [6.07, 6.45) is 2.82. The average molecular weight is 316 g/mol. The van der Waals surface area contributed by atoms with Crippen LogP contribution in [0.25, 0.3) is 0 Å². The normalized spacial score (nSPS) is 24.9. The largest absolute Gasteiger partial charge is 0.302 e. The molecule has 1 atom stereocenters. The molecule has 1 aromatic rings. The van der Waals surface area contributed by atoms with Crippen LogP contribution in [0.2, 0.25) is 0 Å². The Hall–Kier alpha value is -0.900. The van der Waals surface area contributed by atoms with E-state index in [1.165, 1.54) is 76.3 Å². The minimum absolute atomic E-state index is 0.898. The lowest BCUT2D eigenvalue weighted by Gasteiger charge is -2.37. The Balaban J connectivity index is 1.37. The van der Waals surface area contributed by atoms with Gasteiger partial charge < -0.3 is 4.90 Å². The van der Waals surface area contributed by atoms with Crippen LogP contribution in [0.15, 0.2) is 24.3 Å². The Labute approximate surface area is 142 Å². The Morgan fingerprint density at radius 3 is 2.43 bits per heavy atom. The molecule has 2 saturated heterocycles. The molecule has 0 bridgehead atoms. The number of nitrogens with zero attached hydrogens (tertiary/aromatic N) is 3. The van der Waals surface area contributed by atoms with E-state index in [9.17, 15) is 0 Å². The zero-order valence-electron chi connectivity index (χ0n) is 15.0. The molecule has 3 rings (SSSR count). The van der Waals surface area contributed by atoms with Crippen molar-refractivity contribution in [1.82, 2.24) is 14.7 Å². The first-order valence-electron chi connectivity index (χ1n) is 9.41. The number of piperidine rings is 1. The summed E-state index contributed by atoms with van der Waals surface area (Å²) < 4.78 is 0.